The lowest BCUT2D eigenvalue weighted by atomic mass is 10.1. The van der Waals surface area contributed by atoms with Crippen LogP contribution in [-0.2, 0) is 4.79 Å². The van der Waals surface area contributed by atoms with Gasteiger partial charge >= 0.3 is 0 Å². The number of carbonyl (C=O) groups excluding carboxylic acids is 1. The minimum atomic E-state index is -0.286. The molecule has 2 unspecified atom stereocenters. The molecule has 1 aliphatic carbocycles. The fourth-order valence-electron chi connectivity index (χ4n) is 2.80. The van der Waals surface area contributed by atoms with E-state index < -0.39 is 0 Å². The first-order valence-corrected chi connectivity index (χ1v) is 9.38. The molecule has 122 valence electrons. The Labute approximate surface area is 147 Å². The zero-order chi connectivity index (χ0) is 16.7. The van der Waals surface area contributed by atoms with Crippen LogP contribution in [0.5, 0.6) is 0 Å². The highest BCUT2D eigenvalue weighted by Gasteiger charge is 2.45. The van der Waals surface area contributed by atoms with Crippen LogP contribution < -0.4 is 5.32 Å². The summed E-state index contributed by atoms with van der Waals surface area (Å²) in [4.78, 5) is 19.4. The van der Waals surface area contributed by atoms with Crippen molar-refractivity contribution in [2.75, 3.05) is 5.32 Å². The van der Waals surface area contributed by atoms with Crippen molar-refractivity contribution in [3.05, 3.63) is 57.5 Å². The zero-order valence-electron chi connectivity index (χ0n) is 13.0. The van der Waals surface area contributed by atoms with E-state index in [1.54, 1.807) is 29.0 Å². The Morgan fingerprint density at radius 1 is 1.25 bits per heavy atom. The number of nitrogens with zero attached hydrogens (tertiary/aromatic N) is 1. The van der Waals surface area contributed by atoms with Crippen LogP contribution in [0.15, 0.2) is 41.9 Å². The van der Waals surface area contributed by atoms with Crippen LogP contribution in [0.4, 0.5) is 9.39 Å². The molecule has 1 fully saturated rings. The summed E-state index contributed by atoms with van der Waals surface area (Å²) in [5.74, 6) is 0.127. The summed E-state index contributed by atoms with van der Waals surface area (Å²) >= 11 is 3.15. The van der Waals surface area contributed by atoms with Crippen LogP contribution in [-0.4, -0.2) is 10.9 Å². The topological polar surface area (TPSA) is 42.0 Å². The fourth-order valence-corrected chi connectivity index (χ4v) is 4.57. The van der Waals surface area contributed by atoms with Gasteiger partial charge in [-0.2, -0.15) is 0 Å². The molecule has 4 rings (SSSR count). The maximum atomic E-state index is 13.1. The van der Waals surface area contributed by atoms with Crippen LogP contribution in [0.3, 0.4) is 0 Å². The number of carbonyl (C=O) groups is 1. The Hall–Kier alpha value is -2.05. The second kappa shape index (κ2) is 6.11. The van der Waals surface area contributed by atoms with Crippen molar-refractivity contribution in [2.24, 2.45) is 5.92 Å². The molecule has 2 heterocycles. The SMILES string of the molecule is Cc1ccc(C2CC2C(=O)Nc2scnc2-c2ccc(F)cc2)s1. The molecule has 24 heavy (non-hydrogen) atoms. The number of aromatic nitrogens is 1. The number of nitrogens with one attached hydrogen (secondary N) is 1. The number of rotatable bonds is 4. The first-order valence-electron chi connectivity index (χ1n) is 7.68. The van der Waals surface area contributed by atoms with Gasteiger partial charge < -0.3 is 5.32 Å². The van der Waals surface area contributed by atoms with Crippen molar-refractivity contribution >= 4 is 33.6 Å². The Morgan fingerprint density at radius 2 is 2.04 bits per heavy atom. The number of amides is 1. The largest absolute Gasteiger partial charge is 0.316 e. The Morgan fingerprint density at radius 3 is 2.75 bits per heavy atom. The van der Waals surface area contributed by atoms with E-state index in [0.717, 1.165) is 17.0 Å². The van der Waals surface area contributed by atoms with Gasteiger partial charge in [0, 0.05) is 27.2 Å². The maximum absolute atomic E-state index is 13.1. The summed E-state index contributed by atoms with van der Waals surface area (Å²) in [6.07, 6.45) is 0.899. The van der Waals surface area contributed by atoms with Gasteiger partial charge in [-0.3, -0.25) is 4.79 Å². The zero-order valence-corrected chi connectivity index (χ0v) is 14.6. The molecule has 0 radical (unpaired) electrons. The number of thiophene rings is 1. The Balaban J connectivity index is 1.48. The molecule has 0 aliphatic heterocycles. The summed E-state index contributed by atoms with van der Waals surface area (Å²) in [6.45, 7) is 2.08. The summed E-state index contributed by atoms with van der Waals surface area (Å²) in [5.41, 5.74) is 3.19. The average Bonchev–Trinajstić information content (AvgIpc) is 3.05. The van der Waals surface area contributed by atoms with Crippen molar-refractivity contribution in [3.63, 3.8) is 0 Å². The molecule has 0 bridgehead atoms. The van der Waals surface area contributed by atoms with Crippen molar-refractivity contribution in [1.82, 2.24) is 4.98 Å². The monoisotopic (exact) mass is 358 g/mol. The summed E-state index contributed by atoms with van der Waals surface area (Å²) in [5, 5.41) is 3.72. The van der Waals surface area contributed by atoms with E-state index in [0.29, 0.717) is 11.6 Å². The first kappa shape index (κ1) is 15.5. The predicted molar refractivity (Wildman–Crippen MR) is 96.0 cm³/mol. The molecule has 2 atom stereocenters. The standard InChI is InChI=1S/C18H15FN2OS2/c1-10-2-7-15(24-10)13-8-14(13)17(22)21-18-16(20-9-23-18)11-3-5-12(19)6-4-11/h2-7,9,13-14H,8H2,1H3,(H,21,22). The van der Waals surface area contributed by atoms with Crippen LogP contribution in [0.25, 0.3) is 11.3 Å². The van der Waals surface area contributed by atoms with Crippen molar-refractivity contribution in [3.8, 4) is 11.3 Å². The van der Waals surface area contributed by atoms with E-state index in [1.165, 1.54) is 33.2 Å². The van der Waals surface area contributed by atoms with Crippen molar-refractivity contribution in [2.45, 2.75) is 19.3 Å². The Kier molecular flexibility index (Phi) is 3.94. The van der Waals surface area contributed by atoms with Crippen LogP contribution >= 0.6 is 22.7 Å². The van der Waals surface area contributed by atoms with Gasteiger partial charge in [0.15, 0.2) is 0 Å². The molecule has 0 saturated heterocycles. The predicted octanol–water partition coefficient (Wildman–Crippen LogP) is 5.06. The Bertz CT molecular complexity index is 885. The van der Waals surface area contributed by atoms with Gasteiger partial charge in [0.05, 0.1) is 5.51 Å². The summed E-state index contributed by atoms with van der Waals surface area (Å²) < 4.78 is 13.1. The molecule has 1 N–H and O–H groups in total. The van der Waals surface area contributed by atoms with Gasteiger partial charge in [-0.25, -0.2) is 9.37 Å². The van der Waals surface area contributed by atoms with Gasteiger partial charge in [0.25, 0.3) is 0 Å². The second-order valence-corrected chi connectivity index (χ2v) is 8.10. The van der Waals surface area contributed by atoms with E-state index >= 15 is 0 Å². The third-order valence-electron chi connectivity index (χ3n) is 4.18. The van der Waals surface area contributed by atoms with Crippen LogP contribution in [0, 0.1) is 18.7 Å². The molecule has 1 saturated carbocycles. The summed E-state index contributed by atoms with van der Waals surface area (Å²) in [6, 6.07) is 10.4. The van der Waals surface area contributed by atoms with E-state index in [4.69, 9.17) is 0 Å². The molecular formula is C18H15FN2OS2. The molecule has 3 nitrogen and oxygen atoms in total. The molecule has 2 aromatic heterocycles. The van der Waals surface area contributed by atoms with Gasteiger partial charge in [-0.1, -0.05) is 0 Å². The number of benzene rings is 1. The van der Waals surface area contributed by atoms with E-state index in [9.17, 15) is 9.18 Å². The minimum Gasteiger partial charge on any atom is -0.316 e. The first-order chi connectivity index (χ1) is 11.6. The molecule has 1 aromatic carbocycles. The molecular weight excluding hydrogens is 343 g/mol. The normalized spacial score (nSPS) is 19.2. The minimum absolute atomic E-state index is 0.0335. The summed E-state index contributed by atoms with van der Waals surface area (Å²) in [7, 11) is 0. The highest BCUT2D eigenvalue weighted by Crippen LogP contribution is 2.50. The average molecular weight is 358 g/mol. The molecule has 0 spiro atoms. The number of halogens is 1. The molecule has 1 amide bonds. The number of hydrogen-bond acceptors (Lipinski definition) is 4. The van der Waals surface area contributed by atoms with Gasteiger partial charge in [-0.15, -0.1) is 22.7 Å². The van der Waals surface area contributed by atoms with Gasteiger partial charge in [0.2, 0.25) is 5.91 Å². The number of thiazole rings is 1. The number of anilines is 1. The maximum Gasteiger partial charge on any atom is 0.228 e. The molecule has 1 aliphatic rings. The third kappa shape index (κ3) is 2.99. The van der Waals surface area contributed by atoms with Gasteiger partial charge in [0.1, 0.15) is 16.5 Å². The van der Waals surface area contributed by atoms with Crippen molar-refractivity contribution in [1.29, 1.82) is 0 Å². The highest BCUT2D eigenvalue weighted by molar-refractivity contribution is 7.14. The highest BCUT2D eigenvalue weighted by atomic mass is 32.1. The van der Waals surface area contributed by atoms with Crippen LogP contribution in [0.2, 0.25) is 0 Å². The number of aryl methyl sites for hydroxylation is 1. The van der Waals surface area contributed by atoms with E-state index in [1.807, 2.05) is 0 Å². The quantitative estimate of drug-likeness (QED) is 0.708. The van der Waals surface area contributed by atoms with Gasteiger partial charge in [-0.05, 0) is 49.7 Å². The lowest BCUT2D eigenvalue weighted by Gasteiger charge is -2.05. The number of hydrogen-bond donors (Lipinski definition) is 1. The lowest BCUT2D eigenvalue weighted by Crippen LogP contribution is -2.14. The third-order valence-corrected chi connectivity index (χ3v) is 6.05. The van der Waals surface area contributed by atoms with Crippen molar-refractivity contribution < 1.29 is 9.18 Å². The van der Waals surface area contributed by atoms with E-state index in [-0.39, 0.29) is 17.6 Å². The van der Waals surface area contributed by atoms with Crippen LogP contribution in [0.1, 0.15) is 22.1 Å². The molecule has 3 aromatic rings. The van der Waals surface area contributed by atoms with E-state index in [2.05, 4.69) is 29.4 Å². The smallest absolute Gasteiger partial charge is 0.228 e. The fraction of sp³-hybridized carbons (Fsp3) is 0.222. The second-order valence-electron chi connectivity index (χ2n) is 5.92. The molecule has 6 heteroatoms. The lowest BCUT2D eigenvalue weighted by molar-refractivity contribution is -0.117.